The van der Waals surface area contributed by atoms with Crippen molar-refractivity contribution in [1.29, 1.82) is 0 Å². The van der Waals surface area contributed by atoms with Crippen molar-refractivity contribution in [1.82, 2.24) is 10.6 Å². The molecule has 0 fully saturated rings. The molecule has 2 rings (SSSR count). The van der Waals surface area contributed by atoms with Crippen molar-refractivity contribution in [2.45, 2.75) is 19.1 Å². The van der Waals surface area contributed by atoms with Gasteiger partial charge in [0, 0.05) is 18.1 Å². The van der Waals surface area contributed by atoms with E-state index in [1.165, 1.54) is 0 Å². The molecule has 0 saturated carbocycles. The van der Waals surface area contributed by atoms with Crippen molar-refractivity contribution >= 4 is 17.6 Å². The molecule has 0 radical (unpaired) electrons. The molecule has 0 unspecified atom stereocenters. The van der Waals surface area contributed by atoms with Crippen LogP contribution in [-0.2, 0) is 6.54 Å². The number of nitrogens with one attached hydrogen (secondary N) is 2. The Labute approximate surface area is 135 Å². The summed E-state index contributed by atoms with van der Waals surface area (Å²) < 4.78 is 0. The quantitative estimate of drug-likeness (QED) is 0.765. The van der Waals surface area contributed by atoms with E-state index in [2.05, 4.69) is 10.6 Å². The van der Waals surface area contributed by atoms with Gasteiger partial charge < -0.3 is 15.7 Å². The number of hydrogen-bond donors (Lipinski definition) is 3. The van der Waals surface area contributed by atoms with Gasteiger partial charge in [0.1, 0.15) is 0 Å². The Balaban J connectivity index is 1.66. The fourth-order valence-corrected chi connectivity index (χ4v) is 2.14. The summed E-state index contributed by atoms with van der Waals surface area (Å²) in [6.45, 7) is 0.840. The van der Waals surface area contributed by atoms with Gasteiger partial charge in [0.15, 0.2) is 0 Å². The van der Waals surface area contributed by atoms with Gasteiger partial charge in [-0.2, -0.15) is 0 Å². The Kier molecular flexibility index (Phi) is 6.25. The van der Waals surface area contributed by atoms with Gasteiger partial charge in [-0.15, -0.1) is 0 Å². The predicted molar refractivity (Wildman–Crippen MR) is 87.7 cm³/mol. The largest absolute Gasteiger partial charge is 0.388 e. The fraction of sp³-hybridized carbons (Fsp3) is 0.235. The van der Waals surface area contributed by atoms with Gasteiger partial charge >= 0.3 is 6.03 Å². The number of urea groups is 1. The lowest BCUT2D eigenvalue weighted by molar-refractivity contribution is 0.167. The fourth-order valence-electron chi connectivity index (χ4n) is 2.01. The Morgan fingerprint density at radius 1 is 1.05 bits per heavy atom. The maximum absolute atomic E-state index is 11.7. The third kappa shape index (κ3) is 5.39. The number of aliphatic hydroxyl groups excluding tert-OH is 1. The van der Waals surface area contributed by atoms with Crippen LogP contribution in [0.2, 0.25) is 5.02 Å². The van der Waals surface area contributed by atoms with Crippen molar-refractivity contribution < 1.29 is 9.90 Å². The van der Waals surface area contributed by atoms with Crippen molar-refractivity contribution in [3.05, 3.63) is 70.7 Å². The van der Waals surface area contributed by atoms with Gasteiger partial charge in [-0.05, 0) is 29.7 Å². The number of aliphatic hydroxyl groups is 1. The second-order valence-corrected chi connectivity index (χ2v) is 5.39. The highest BCUT2D eigenvalue weighted by Crippen LogP contribution is 2.14. The first-order valence-corrected chi connectivity index (χ1v) is 7.52. The minimum absolute atomic E-state index is 0.254. The van der Waals surface area contributed by atoms with Crippen LogP contribution in [0.5, 0.6) is 0 Å². The molecular weight excluding hydrogens is 300 g/mol. The van der Waals surface area contributed by atoms with Crippen LogP contribution in [0.1, 0.15) is 23.7 Å². The van der Waals surface area contributed by atoms with Crippen LogP contribution in [-0.4, -0.2) is 17.7 Å². The minimum Gasteiger partial charge on any atom is -0.388 e. The van der Waals surface area contributed by atoms with Crippen LogP contribution < -0.4 is 10.6 Å². The van der Waals surface area contributed by atoms with E-state index in [0.29, 0.717) is 24.5 Å². The number of rotatable bonds is 6. The monoisotopic (exact) mass is 318 g/mol. The van der Waals surface area contributed by atoms with Crippen LogP contribution in [0, 0.1) is 0 Å². The second-order valence-electron chi connectivity index (χ2n) is 4.95. The summed E-state index contributed by atoms with van der Waals surface area (Å²) >= 11 is 5.80. The Hall–Kier alpha value is -2.04. The van der Waals surface area contributed by atoms with E-state index < -0.39 is 6.10 Å². The van der Waals surface area contributed by atoms with E-state index in [1.54, 1.807) is 12.1 Å². The van der Waals surface area contributed by atoms with E-state index in [4.69, 9.17) is 11.6 Å². The third-order valence-electron chi connectivity index (χ3n) is 3.25. The van der Waals surface area contributed by atoms with Crippen molar-refractivity contribution in [3.63, 3.8) is 0 Å². The molecule has 0 aromatic heterocycles. The topological polar surface area (TPSA) is 61.4 Å². The lowest BCUT2D eigenvalue weighted by atomic mass is 10.1. The molecular formula is C17H19ClN2O2. The second kappa shape index (κ2) is 8.41. The van der Waals surface area contributed by atoms with Crippen molar-refractivity contribution in [3.8, 4) is 0 Å². The molecule has 3 N–H and O–H groups in total. The Morgan fingerprint density at radius 3 is 2.41 bits per heavy atom. The molecule has 4 nitrogen and oxygen atoms in total. The maximum atomic E-state index is 11.7. The van der Waals surface area contributed by atoms with E-state index >= 15 is 0 Å². The van der Waals surface area contributed by atoms with Crippen molar-refractivity contribution in [2.24, 2.45) is 0 Å². The molecule has 22 heavy (non-hydrogen) atoms. The first-order chi connectivity index (χ1) is 10.6. The number of hydrogen-bond acceptors (Lipinski definition) is 2. The molecule has 0 spiro atoms. The average molecular weight is 319 g/mol. The van der Waals surface area contributed by atoms with Crippen LogP contribution >= 0.6 is 11.6 Å². The number of benzene rings is 2. The maximum Gasteiger partial charge on any atom is 0.315 e. The van der Waals surface area contributed by atoms with Gasteiger partial charge in [0.05, 0.1) is 6.10 Å². The summed E-state index contributed by atoms with van der Waals surface area (Å²) in [4.78, 5) is 11.7. The third-order valence-corrected chi connectivity index (χ3v) is 3.51. The standard InChI is InChI=1S/C17H19ClN2O2/c18-15-8-6-13(7-9-15)12-20-17(22)19-11-10-16(21)14-4-2-1-3-5-14/h1-9,16,21H,10-12H2,(H2,19,20,22)/t16-/m1/s1. The molecule has 0 saturated heterocycles. The summed E-state index contributed by atoms with van der Waals surface area (Å²) in [6.07, 6.45) is -0.101. The smallest absolute Gasteiger partial charge is 0.315 e. The lowest BCUT2D eigenvalue weighted by Gasteiger charge is -2.12. The molecule has 2 amide bonds. The molecule has 2 aromatic carbocycles. The van der Waals surface area contributed by atoms with Crippen LogP contribution in [0.3, 0.4) is 0 Å². The van der Waals surface area contributed by atoms with E-state index in [0.717, 1.165) is 11.1 Å². The molecule has 116 valence electrons. The number of carbonyl (C=O) groups is 1. The van der Waals surface area contributed by atoms with Gasteiger partial charge in [-0.25, -0.2) is 4.79 Å². The molecule has 5 heteroatoms. The van der Waals surface area contributed by atoms with Gasteiger partial charge in [0.25, 0.3) is 0 Å². The zero-order chi connectivity index (χ0) is 15.8. The molecule has 0 bridgehead atoms. The SMILES string of the molecule is O=C(NCC[C@@H](O)c1ccccc1)NCc1ccc(Cl)cc1. The highest BCUT2D eigenvalue weighted by atomic mass is 35.5. The minimum atomic E-state index is -0.572. The summed E-state index contributed by atoms with van der Waals surface area (Å²) in [5.74, 6) is 0. The van der Waals surface area contributed by atoms with E-state index in [-0.39, 0.29) is 6.03 Å². The van der Waals surface area contributed by atoms with Gasteiger partial charge in [-0.1, -0.05) is 54.1 Å². The predicted octanol–water partition coefficient (Wildman–Crippen LogP) is 3.26. The molecule has 0 heterocycles. The van der Waals surface area contributed by atoms with Crippen molar-refractivity contribution in [2.75, 3.05) is 6.54 Å². The summed E-state index contributed by atoms with van der Waals surface area (Å²) in [6, 6.07) is 16.4. The highest BCUT2D eigenvalue weighted by molar-refractivity contribution is 6.30. The van der Waals surface area contributed by atoms with Gasteiger partial charge in [0.2, 0.25) is 0 Å². The number of halogens is 1. The van der Waals surface area contributed by atoms with Crippen LogP contribution in [0.25, 0.3) is 0 Å². The molecule has 0 aliphatic carbocycles. The van der Waals surface area contributed by atoms with Crippen LogP contribution in [0.15, 0.2) is 54.6 Å². The summed E-state index contributed by atoms with van der Waals surface area (Å²) in [7, 11) is 0. The summed E-state index contributed by atoms with van der Waals surface area (Å²) in [5, 5.41) is 16.1. The van der Waals surface area contributed by atoms with Gasteiger partial charge in [-0.3, -0.25) is 0 Å². The van der Waals surface area contributed by atoms with E-state index in [9.17, 15) is 9.90 Å². The summed E-state index contributed by atoms with van der Waals surface area (Å²) in [5.41, 5.74) is 1.83. The normalized spacial score (nSPS) is 11.7. The Morgan fingerprint density at radius 2 is 1.73 bits per heavy atom. The van der Waals surface area contributed by atoms with Crippen LogP contribution in [0.4, 0.5) is 4.79 Å². The lowest BCUT2D eigenvalue weighted by Crippen LogP contribution is -2.36. The molecule has 1 atom stereocenters. The number of amides is 2. The first kappa shape index (κ1) is 16.3. The first-order valence-electron chi connectivity index (χ1n) is 7.14. The zero-order valence-electron chi connectivity index (χ0n) is 12.1. The zero-order valence-corrected chi connectivity index (χ0v) is 12.9. The Bertz CT molecular complexity index is 587. The van der Waals surface area contributed by atoms with E-state index in [1.807, 2.05) is 42.5 Å². The molecule has 2 aromatic rings. The average Bonchev–Trinajstić information content (AvgIpc) is 2.55. The molecule has 0 aliphatic heterocycles. The number of carbonyl (C=O) groups excluding carboxylic acids is 1. The highest BCUT2D eigenvalue weighted by Gasteiger charge is 2.07. The molecule has 0 aliphatic rings.